The molecule has 2 aliphatic heterocycles. The average Bonchev–Trinajstić information content (AvgIpc) is 3.16. The zero-order valence-corrected chi connectivity index (χ0v) is 14.9. The molecule has 136 valence electrons. The van der Waals surface area contributed by atoms with Crippen LogP contribution in [0.1, 0.15) is 17.9 Å². The van der Waals surface area contributed by atoms with E-state index in [2.05, 4.69) is 15.3 Å². The molecular formula is C17H15Cl2FN4O2. The Balaban J connectivity index is 1.61. The highest BCUT2D eigenvalue weighted by atomic mass is 35.5. The summed E-state index contributed by atoms with van der Waals surface area (Å²) in [7, 11) is 0. The smallest absolute Gasteiger partial charge is 0.230 e. The first kappa shape index (κ1) is 17.5. The van der Waals surface area contributed by atoms with Crippen LogP contribution in [0.2, 0.25) is 10.0 Å². The molecule has 0 unspecified atom stereocenters. The van der Waals surface area contributed by atoms with Crippen molar-refractivity contribution in [2.75, 3.05) is 11.1 Å². The van der Waals surface area contributed by atoms with Crippen molar-refractivity contribution in [3.05, 3.63) is 46.2 Å². The number of carbonyl (C=O) groups excluding carboxylic acids is 1. The van der Waals surface area contributed by atoms with Crippen LogP contribution in [0, 0.1) is 5.92 Å². The van der Waals surface area contributed by atoms with E-state index in [9.17, 15) is 9.18 Å². The van der Waals surface area contributed by atoms with E-state index in [0.29, 0.717) is 21.3 Å². The minimum absolute atomic E-state index is 0.117. The molecule has 1 aromatic carbocycles. The van der Waals surface area contributed by atoms with Crippen LogP contribution >= 0.6 is 23.2 Å². The van der Waals surface area contributed by atoms with Gasteiger partial charge in [-0.2, -0.15) is 0 Å². The Morgan fingerprint density at radius 3 is 2.69 bits per heavy atom. The van der Waals surface area contributed by atoms with Gasteiger partial charge in [0, 0.05) is 30.4 Å². The Morgan fingerprint density at radius 1 is 1.27 bits per heavy atom. The van der Waals surface area contributed by atoms with E-state index in [1.165, 1.54) is 12.4 Å². The van der Waals surface area contributed by atoms with Gasteiger partial charge in [0.15, 0.2) is 0 Å². The molecule has 6 nitrogen and oxygen atoms in total. The second kappa shape index (κ2) is 6.64. The number of ether oxygens (including phenoxy) is 1. The Bertz CT molecular complexity index is 851. The lowest BCUT2D eigenvalue weighted by Crippen LogP contribution is -2.39. The van der Waals surface area contributed by atoms with Crippen LogP contribution in [0.3, 0.4) is 0 Å². The van der Waals surface area contributed by atoms with Gasteiger partial charge in [0.05, 0.1) is 28.2 Å². The number of halogens is 3. The van der Waals surface area contributed by atoms with Crippen molar-refractivity contribution in [1.82, 2.24) is 9.97 Å². The summed E-state index contributed by atoms with van der Waals surface area (Å²) in [5.41, 5.74) is 6.66. The number of hydrogen-bond donors (Lipinski definition) is 2. The highest BCUT2D eigenvalue weighted by Gasteiger charge is 2.57. The maximum absolute atomic E-state index is 14.2. The summed E-state index contributed by atoms with van der Waals surface area (Å²) in [6.45, 7) is 0. The maximum Gasteiger partial charge on any atom is 0.230 e. The molecule has 0 aliphatic carbocycles. The van der Waals surface area contributed by atoms with Crippen molar-refractivity contribution in [1.29, 1.82) is 0 Å². The predicted molar refractivity (Wildman–Crippen MR) is 95.9 cm³/mol. The molecule has 26 heavy (non-hydrogen) atoms. The topological polar surface area (TPSA) is 90.1 Å². The summed E-state index contributed by atoms with van der Waals surface area (Å²) >= 11 is 11.9. The van der Waals surface area contributed by atoms with Crippen LogP contribution in [-0.4, -0.2) is 34.3 Å². The van der Waals surface area contributed by atoms with E-state index in [1.54, 1.807) is 18.2 Å². The number of nitrogens with two attached hydrogens (primary N) is 1. The number of hydrogen-bond acceptors (Lipinski definition) is 5. The second-order valence-electron chi connectivity index (χ2n) is 6.44. The SMILES string of the molecule is Nc1ncc([C@H]2[C@H]3O[C@H](C[C@@H]3F)[C@@H]2C(=O)Nc2ccc(Cl)c(Cl)c2)cn1. The number of aromatic nitrogens is 2. The summed E-state index contributed by atoms with van der Waals surface area (Å²) in [6.07, 6.45) is 0.900. The Kier molecular flexibility index (Phi) is 4.46. The Hall–Kier alpha value is -1.96. The van der Waals surface area contributed by atoms with Gasteiger partial charge < -0.3 is 15.8 Å². The molecule has 0 spiro atoms. The van der Waals surface area contributed by atoms with E-state index < -0.39 is 30.2 Å². The largest absolute Gasteiger partial charge is 0.370 e. The fourth-order valence-corrected chi connectivity index (χ4v) is 4.02. The first-order chi connectivity index (χ1) is 12.4. The quantitative estimate of drug-likeness (QED) is 0.830. The van der Waals surface area contributed by atoms with Gasteiger partial charge >= 0.3 is 0 Å². The lowest BCUT2D eigenvalue weighted by molar-refractivity contribution is -0.121. The zero-order valence-electron chi connectivity index (χ0n) is 13.4. The van der Waals surface area contributed by atoms with E-state index >= 15 is 0 Å². The fraction of sp³-hybridized carbons (Fsp3) is 0.353. The molecule has 2 saturated heterocycles. The van der Waals surface area contributed by atoms with Crippen LogP contribution in [-0.2, 0) is 9.53 Å². The van der Waals surface area contributed by atoms with Gasteiger partial charge in [-0.1, -0.05) is 23.2 Å². The van der Waals surface area contributed by atoms with Crippen LogP contribution in [0.5, 0.6) is 0 Å². The molecular weight excluding hydrogens is 382 g/mol. The number of rotatable bonds is 3. The molecule has 9 heteroatoms. The molecule has 2 bridgehead atoms. The summed E-state index contributed by atoms with van der Waals surface area (Å²) < 4.78 is 20.0. The minimum Gasteiger partial charge on any atom is -0.370 e. The fourth-order valence-electron chi connectivity index (χ4n) is 3.72. The third-order valence-electron chi connectivity index (χ3n) is 4.85. The van der Waals surface area contributed by atoms with Crippen molar-refractivity contribution in [2.24, 2.45) is 5.92 Å². The van der Waals surface area contributed by atoms with Crippen LogP contribution in [0.15, 0.2) is 30.6 Å². The normalized spacial score (nSPS) is 29.7. The molecule has 4 rings (SSSR count). The third-order valence-corrected chi connectivity index (χ3v) is 5.59. The summed E-state index contributed by atoms with van der Waals surface area (Å²) in [4.78, 5) is 20.8. The predicted octanol–water partition coefficient (Wildman–Crippen LogP) is 3.21. The van der Waals surface area contributed by atoms with Gasteiger partial charge in [0.2, 0.25) is 11.9 Å². The monoisotopic (exact) mass is 396 g/mol. The van der Waals surface area contributed by atoms with Crippen molar-refractivity contribution < 1.29 is 13.9 Å². The number of nitrogens with zero attached hydrogens (tertiary/aromatic N) is 2. The number of fused-ring (bicyclic) bond motifs is 2. The number of alkyl halides is 1. The lowest BCUT2D eigenvalue weighted by atomic mass is 9.75. The van der Waals surface area contributed by atoms with E-state index in [1.807, 2.05) is 0 Å². The second-order valence-corrected chi connectivity index (χ2v) is 7.25. The van der Waals surface area contributed by atoms with Crippen molar-refractivity contribution in [3.63, 3.8) is 0 Å². The standard InChI is InChI=1S/C17H15Cl2FN4O2/c18-9-2-1-8(3-10(9)19)24-16(25)14-12-4-11(20)15(26-12)13(14)7-5-22-17(21)23-6-7/h1-3,5-6,11-15H,4H2,(H,24,25)(H2,21,22,23)/t11-,12+,13+,14-,15-/m0/s1. The van der Waals surface area contributed by atoms with Gasteiger partial charge in [-0.25, -0.2) is 14.4 Å². The molecule has 1 aromatic heterocycles. The van der Waals surface area contributed by atoms with Gasteiger partial charge in [-0.3, -0.25) is 4.79 Å². The lowest BCUT2D eigenvalue weighted by Gasteiger charge is -2.28. The highest BCUT2D eigenvalue weighted by molar-refractivity contribution is 6.42. The number of carbonyl (C=O) groups is 1. The average molecular weight is 397 g/mol. The number of benzene rings is 1. The van der Waals surface area contributed by atoms with E-state index in [4.69, 9.17) is 33.7 Å². The van der Waals surface area contributed by atoms with Gasteiger partial charge in [-0.15, -0.1) is 0 Å². The highest BCUT2D eigenvalue weighted by Crippen LogP contribution is 2.50. The van der Waals surface area contributed by atoms with Crippen molar-refractivity contribution >= 4 is 40.7 Å². The number of anilines is 2. The maximum atomic E-state index is 14.2. The molecule has 5 atom stereocenters. The van der Waals surface area contributed by atoms with E-state index in [-0.39, 0.29) is 18.3 Å². The number of nitrogen functional groups attached to an aromatic ring is 1. The van der Waals surface area contributed by atoms with Crippen LogP contribution in [0.25, 0.3) is 0 Å². The Morgan fingerprint density at radius 2 is 2.00 bits per heavy atom. The molecule has 0 saturated carbocycles. The minimum atomic E-state index is -1.13. The molecule has 2 fully saturated rings. The molecule has 2 aliphatic rings. The number of nitrogens with one attached hydrogen (secondary N) is 1. The molecule has 0 radical (unpaired) electrons. The molecule has 3 N–H and O–H groups in total. The van der Waals surface area contributed by atoms with Gasteiger partial charge in [0.1, 0.15) is 6.17 Å². The first-order valence-electron chi connectivity index (χ1n) is 8.07. The Labute approximate surface area is 158 Å². The zero-order chi connectivity index (χ0) is 18.4. The van der Waals surface area contributed by atoms with Crippen molar-refractivity contribution in [3.8, 4) is 0 Å². The third kappa shape index (κ3) is 3.00. The van der Waals surface area contributed by atoms with Crippen LogP contribution < -0.4 is 11.1 Å². The van der Waals surface area contributed by atoms with Crippen molar-refractivity contribution in [2.45, 2.75) is 30.7 Å². The molecule has 1 amide bonds. The molecule has 3 heterocycles. The van der Waals surface area contributed by atoms with E-state index in [0.717, 1.165) is 0 Å². The van der Waals surface area contributed by atoms with Crippen LogP contribution in [0.4, 0.5) is 16.0 Å². The van der Waals surface area contributed by atoms with Gasteiger partial charge in [0.25, 0.3) is 0 Å². The summed E-state index contributed by atoms with van der Waals surface area (Å²) in [6, 6.07) is 4.81. The molecule has 2 aromatic rings. The summed E-state index contributed by atoms with van der Waals surface area (Å²) in [5.74, 6) is -1.20. The number of amides is 1. The first-order valence-corrected chi connectivity index (χ1v) is 8.82. The summed E-state index contributed by atoms with van der Waals surface area (Å²) in [5, 5.41) is 3.54. The van der Waals surface area contributed by atoms with Gasteiger partial charge in [-0.05, 0) is 23.8 Å².